The molecule has 0 unspecified atom stereocenters. The zero-order chi connectivity index (χ0) is 13.1. The standard InChI is InChI=1S/C15H20N2O2/c18-14(17-11-4-12-19-17)15(7-9-16-10-8-15)13-5-2-1-3-6-13/h1-3,5-6,16H,4,7-12H2. The number of piperidine rings is 1. The smallest absolute Gasteiger partial charge is 0.256 e. The van der Waals surface area contributed by atoms with Gasteiger partial charge < -0.3 is 5.32 Å². The van der Waals surface area contributed by atoms with Crippen molar-refractivity contribution in [3.8, 4) is 0 Å². The number of carbonyl (C=O) groups is 1. The first-order valence-electron chi connectivity index (χ1n) is 7.04. The summed E-state index contributed by atoms with van der Waals surface area (Å²) >= 11 is 0. The molecule has 2 aliphatic heterocycles. The van der Waals surface area contributed by atoms with Gasteiger partial charge in [-0.25, -0.2) is 5.06 Å². The summed E-state index contributed by atoms with van der Waals surface area (Å²) in [6.07, 6.45) is 2.63. The maximum absolute atomic E-state index is 12.9. The molecule has 3 rings (SSSR count). The van der Waals surface area contributed by atoms with Crippen molar-refractivity contribution in [3.63, 3.8) is 0 Å². The molecule has 0 aromatic heterocycles. The van der Waals surface area contributed by atoms with Gasteiger partial charge in [-0.05, 0) is 37.9 Å². The lowest BCUT2D eigenvalue weighted by Crippen LogP contribution is -2.51. The van der Waals surface area contributed by atoms with Crippen LogP contribution < -0.4 is 5.32 Å². The number of nitrogens with one attached hydrogen (secondary N) is 1. The molecule has 2 heterocycles. The van der Waals surface area contributed by atoms with Crippen LogP contribution in [-0.2, 0) is 15.0 Å². The van der Waals surface area contributed by atoms with Gasteiger partial charge in [0.2, 0.25) is 0 Å². The Bertz CT molecular complexity index is 435. The molecule has 1 N–H and O–H groups in total. The van der Waals surface area contributed by atoms with E-state index in [1.807, 2.05) is 18.2 Å². The van der Waals surface area contributed by atoms with Crippen LogP contribution in [-0.4, -0.2) is 37.2 Å². The Morgan fingerprint density at radius 2 is 1.95 bits per heavy atom. The molecule has 102 valence electrons. The van der Waals surface area contributed by atoms with Gasteiger partial charge in [-0.15, -0.1) is 0 Å². The minimum atomic E-state index is -0.406. The Morgan fingerprint density at radius 3 is 2.58 bits per heavy atom. The number of hydroxylamine groups is 2. The van der Waals surface area contributed by atoms with Crippen LogP contribution in [0.15, 0.2) is 30.3 Å². The van der Waals surface area contributed by atoms with Gasteiger partial charge in [0.1, 0.15) is 0 Å². The van der Waals surface area contributed by atoms with E-state index in [4.69, 9.17) is 4.84 Å². The second-order valence-corrected chi connectivity index (χ2v) is 5.29. The highest BCUT2D eigenvalue weighted by atomic mass is 16.7. The molecule has 0 aliphatic carbocycles. The van der Waals surface area contributed by atoms with Crippen molar-refractivity contribution < 1.29 is 9.63 Å². The lowest BCUT2D eigenvalue weighted by atomic mass is 9.72. The average Bonchev–Trinajstić information content (AvgIpc) is 3.02. The molecule has 2 aliphatic rings. The van der Waals surface area contributed by atoms with E-state index < -0.39 is 5.41 Å². The van der Waals surface area contributed by atoms with E-state index in [-0.39, 0.29) is 5.91 Å². The molecule has 0 spiro atoms. The monoisotopic (exact) mass is 260 g/mol. The summed E-state index contributed by atoms with van der Waals surface area (Å²) < 4.78 is 0. The number of benzene rings is 1. The maximum Gasteiger partial charge on any atom is 0.256 e. The first kappa shape index (κ1) is 12.6. The summed E-state index contributed by atoms with van der Waals surface area (Å²) in [5.74, 6) is 0.137. The minimum Gasteiger partial charge on any atom is -0.317 e. The predicted octanol–water partition coefficient (Wildman–Crippen LogP) is 1.47. The van der Waals surface area contributed by atoms with Gasteiger partial charge in [0.15, 0.2) is 0 Å². The number of hydrogen-bond donors (Lipinski definition) is 1. The van der Waals surface area contributed by atoms with Crippen LogP contribution >= 0.6 is 0 Å². The predicted molar refractivity (Wildman–Crippen MR) is 72.5 cm³/mol. The van der Waals surface area contributed by atoms with Crippen molar-refractivity contribution in [3.05, 3.63) is 35.9 Å². The van der Waals surface area contributed by atoms with E-state index >= 15 is 0 Å². The van der Waals surface area contributed by atoms with Gasteiger partial charge in [-0.2, -0.15) is 0 Å². The van der Waals surface area contributed by atoms with Crippen molar-refractivity contribution in [1.82, 2.24) is 10.4 Å². The number of amides is 1. The largest absolute Gasteiger partial charge is 0.317 e. The fraction of sp³-hybridized carbons (Fsp3) is 0.533. The SMILES string of the molecule is O=C(N1CCCO1)C1(c2ccccc2)CCNCC1. The minimum absolute atomic E-state index is 0.137. The topological polar surface area (TPSA) is 41.6 Å². The van der Waals surface area contributed by atoms with E-state index in [0.29, 0.717) is 6.61 Å². The molecular formula is C15H20N2O2. The zero-order valence-electron chi connectivity index (χ0n) is 11.1. The molecule has 4 heteroatoms. The highest BCUT2D eigenvalue weighted by Gasteiger charge is 2.44. The number of carbonyl (C=O) groups excluding carboxylic acids is 1. The molecule has 0 atom stereocenters. The highest BCUT2D eigenvalue weighted by molar-refractivity contribution is 5.88. The summed E-state index contributed by atoms with van der Waals surface area (Å²) in [5, 5.41) is 4.92. The summed E-state index contributed by atoms with van der Waals surface area (Å²) in [7, 11) is 0. The first-order valence-corrected chi connectivity index (χ1v) is 7.04. The lowest BCUT2D eigenvalue weighted by Gasteiger charge is -2.38. The summed E-state index contributed by atoms with van der Waals surface area (Å²) in [4.78, 5) is 18.4. The molecule has 0 radical (unpaired) electrons. The van der Waals surface area contributed by atoms with Gasteiger partial charge in [-0.1, -0.05) is 30.3 Å². The lowest BCUT2D eigenvalue weighted by molar-refractivity contribution is -0.176. The second kappa shape index (κ2) is 5.31. The fourth-order valence-corrected chi connectivity index (χ4v) is 3.08. The Balaban J connectivity index is 1.94. The molecule has 0 bridgehead atoms. The molecule has 1 aromatic carbocycles. The molecule has 1 amide bonds. The molecule has 2 saturated heterocycles. The van der Waals surface area contributed by atoms with Gasteiger partial charge in [0.25, 0.3) is 5.91 Å². The third kappa shape index (κ3) is 2.26. The third-order valence-electron chi connectivity index (χ3n) is 4.17. The molecule has 0 saturated carbocycles. The average molecular weight is 260 g/mol. The summed E-state index contributed by atoms with van der Waals surface area (Å²) in [6.45, 7) is 3.15. The van der Waals surface area contributed by atoms with Crippen molar-refractivity contribution in [2.75, 3.05) is 26.2 Å². The van der Waals surface area contributed by atoms with Gasteiger partial charge in [-0.3, -0.25) is 9.63 Å². The van der Waals surface area contributed by atoms with Crippen LogP contribution in [0.3, 0.4) is 0 Å². The fourth-order valence-electron chi connectivity index (χ4n) is 3.08. The van der Waals surface area contributed by atoms with Crippen LogP contribution in [0.2, 0.25) is 0 Å². The number of nitrogens with zero attached hydrogens (tertiary/aromatic N) is 1. The Labute approximate surface area is 113 Å². The van der Waals surface area contributed by atoms with Crippen LogP contribution in [0.5, 0.6) is 0 Å². The number of rotatable bonds is 2. The summed E-state index contributed by atoms with van der Waals surface area (Å²) in [6, 6.07) is 10.2. The zero-order valence-corrected chi connectivity index (χ0v) is 11.1. The van der Waals surface area contributed by atoms with E-state index in [2.05, 4.69) is 17.4 Å². The van der Waals surface area contributed by atoms with Crippen molar-refractivity contribution in [2.24, 2.45) is 0 Å². The van der Waals surface area contributed by atoms with E-state index in [9.17, 15) is 4.79 Å². The van der Waals surface area contributed by atoms with Gasteiger partial charge in [0.05, 0.1) is 18.6 Å². The van der Waals surface area contributed by atoms with Crippen molar-refractivity contribution >= 4 is 5.91 Å². The Kier molecular flexibility index (Phi) is 3.53. The van der Waals surface area contributed by atoms with Crippen LogP contribution in [0.4, 0.5) is 0 Å². The Morgan fingerprint density at radius 1 is 1.21 bits per heavy atom. The van der Waals surface area contributed by atoms with E-state index in [0.717, 1.165) is 44.5 Å². The molecular weight excluding hydrogens is 240 g/mol. The van der Waals surface area contributed by atoms with Crippen LogP contribution in [0, 0.1) is 0 Å². The third-order valence-corrected chi connectivity index (χ3v) is 4.17. The normalized spacial score (nSPS) is 22.4. The molecule has 4 nitrogen and oxygen atoms in total. The summed E-state index contributed by atoms with van der Waals surface area (Å²) in [5.41, 5.74) is 0.716. The van der Waals surface area contributed by atoms with Crippen LogP contribution in [0.1, 0.15) is 24.8 Å². The van der Waals surface area contributed by atoms with Gasteiger partial charge >= 0.3 is 0 Å². The van der Waals surface area contributed by atoms with E-state index in [1.54, 1.807) is 5.06 Å². The second-order valence-electron chi connectivity index (χ2n) is 5.29. The quantitative estimate of drug-likeness (QED) is 0.875. The highest BCUT2D eigenvalue weighted by Crippen LogP contribution is 2.36. The number of hydrogen-bond acceptors (Lipinski definition) is 3. The maximum atomic E-state index is 12.9. The van der Waals surface area contributed by atoms with Crippen molar-refractivity contribution in [2.45, 2.75) is 24.7 Å². The van der Waals surface area contributed by atoms with Crippen LogP contribution in [0.25, 0.3) is 0 Å². The van der Waals surface area contributed by atoms with Gasteiger partial charge in [0, 0.05) is 0 Å². The molecule has 2 fully saturated rings. The van der Waals surface area contributed by atoms with E-state index in [1.165, 1.54) is 0 Å². The van der Waals surface area contributed by atoms with Crippen molar-refractivity contribution in [1.29, 1.82) is 0 Å². The molecule has 1 aromatic rings. The molecule has 19 heavy (non-hydrogen) atoms. The first-order chi connectivity index (χ1) is 9.33. The Hall–Kier alpha value is -1.39.